The summed E-state index contributed by atoms with van der Waals surface area (Å²) < 4.78 is 4.99. The van der Waals surface area contributed by atoms with E-state index >= 15 is 0 Å². The van der Waals surface area contributed by atoms with E-state index in [1.54, 1.807) is 30.3 Å². The number of hydrogen-bond acceptors (Lipinski definition) is 4. The minimum absolute atomic E-state index is 0.0862. The van der Waals surface area contributed by atoms with Gasteiger partial charge in [0.25, 0.3) is 0 Å². The Morgan fingerprint density at radius 3 is 2.59 bits per heavy atom. The van der Waals surface area contributed by atoms with Crippen LogP contribution in [0.4, 0.5) is 0 Å². The molecule has 0 amide bonds. The number of aliphatic hydroxyl groups is 1. The fourth-order valence-corrected chi connectivity index (χ4v) is 2.61. The van der Waals surface area contributed by atoms with E-state index in [4.69, 9.17) is 27.9 Å². The van der Waals surface area contributed by atoms with E-state index in [0.29, 0.717) is 34.4 Å². The van der Waals surface area contributed by atoms with E-state index in [1.165, 1.54) is 7.11 Å². The Labute approximate surface area is 139 Å². The van der Waals surface area contributed by atoms with Crippen molar-refractivity contribution < 1.29 is 14.9 Å². The average molecular weight is 342 g/mol. The van der Waals surface area contributed by atoms with Gasteiger partial charge in [-0.1, -0.05) is 35.3 Å². The topological polar surface area (TPSA) is 61.7 Å². The summed E-state index contributed by atoms with van der Waals surface area (Å²) in [5, 5.41) is 23.9. The maximum absolute atomic E-state index is 10.1. The molecule has 0 saturated heterocycles. The van der Waals surface area contributed by atoms with Crippen molar-refractivity contribution in [2.75, 3.05) is 13.7 Å². The van der Waals surface area contributed by atoms with Crippen LogP contribution in [0.5, 0.6) is 11.5 Å². The summed E-state index contributed by atoms with van der Waals surface area (Å²) in [6.45, 7) is 0.827. The monoisotopic (exact) mass is 341 g/mol. The Balaban J connectivity index is 1.91. The first-order valence-electron chi connectivity index (χ1n) is 6.71. The Hall–Kier alpha value is -1.46. The lowest BCUT2D eigenvalue weighted by Gasteiger charge is -2.14. The molecule has 1 atom stereocenters. The minimum atomic E-state index is -0.739. The predicted molar refractivity (Wildman–Crippen MR) is 87.8 cm³/mol. The van der Waals surface area contributed by atoms with Gasteiger partial charge in [-0.3, -0.25) is 0 Å². The largest absolute Gasteiger partial charge is 0.504 e. The summed E-state index contributed by atoms with van der Waals surface area (Å²) in [5.74, 6) is 0.514. The third-order valence-electron chi connectivity index (χ3n) is 3.23. The summed E-state index contributed by atoms with van der Waals surface area (Å²) in [6, 6.07) is 10.1. The lowest BCUT2D eigenvalue weighted by atomic mass is 10.1. The molecule has 2 rings (SSSR count). The van der Waals surface area contributed by atoms with Crippen LogP contribution in [0.2, 0.25) is 10.0 Å². The zero-order chi connectivity index (χ0) is 16.1. The average Bonchev–Trinajstić information content (AvgIpc) is 2.47. The van der Waals surface area contributed by atoms with E-state index in [-0.39, 0.29) is 5.75 Å². The van der Waals surface area contributed by atoms with E-state index in [2.05, 4.69) is 5.32 Å². The Kier molecular flexibility index (Phi) is 5.91. The second-order valence-electron chi connectivity index (χ2n) is 4.82. The maximum atomic E-state index is 10.1. The molecule has 0 aliphatic rings. The van der Waals surface area contributed by atoms with E-state index in [1.807, 2.05) is 6.07 Å². The predicted octanol–water partition coefficient (Wildman–Crippen LogP) is 3.53. The Bertz CT molecular complexity index is 649. The second kappa shape index (κ2) is 7.70. The SMILES string of the molecule is COc1ccc(CNCC(O)c2ccc(Cl)cc2Cl)cc1O. The molecule has 0 radical (unpaired) electrons. The first-order valence-corrected chi connectivity index (χ1v) is 7.46. The highest BCUT2D eigenvalue weighted by Crippen LogP contribution is 2.27. The third-order valence-corrected chi connectivity index (χ3v) is 3.79. The molecular formula is C16H17Cl2NO3. The van der Waals surface area contributed by atoms with Gasteiger partial charge in [-0.05, 0) is 29.8 Å². The van der Waals surface area contributed by atoms with Gasteiger partial charge in [0.05, 0.1) is 13.2 Å². The molecule has 2 aromatic rings. The lowest BCUT2D eigenvalue weighted by molar-refractivity contribution is 0.174. The van der Waals surface area contributed by atoms with E-state index in [0.717, 1.165) is 5.56 Å². The molecule has 22 heavy (non-hydrogen) atoms. The number of ether oxygens (including phenoxy) is 1. The molecule has 4 nitrogen and oxygen atoms in total. The van der Waals surface area contributed by atoms with Crippen LogP contribution >= 0.6 is 23.2 Å². The van der Waals surface area contributed by atoms with E-state index in [9.17, 15) is 10.2 Å². The fourth-order valence-electron chi connectivity index (χ4n) is 2.08. The van der Waals surface area contributed by atoms with Gasteiger partial charge in [0.1, 0.15) is 0 Å². The van der Waals surface area contributed by atoms with Crippen molar-refractivity contribution >= 4 is 23.2 Å². The van der Waals surface area contributed by atoms with Crippen LogP contribution in [0, 0.1) is 0 Å². The van der Waals surface area contributed by atoms with Gasteiger partial charge in [0, 0.05) is 28.7 Å². The van der Waals surface area contributed by atoms with Gasteiger partial charge in [-0.2, -0.15) is 0 Å². The lowest BCUT2D eigenvalue weighted by Crippen LogP contribution is -2.21. The van der Waals surface area contributed by atoms with Crippen LogP contribution in [-0.4, -0.2) is 23.9 Å². The van der Waals surface area contributed by atoms with Gasteiger partial charge in [0.15, 0.2) is 11.5 Å². The number of halogens is 2. The van der Waals surface area contributed by atoms with Crippen LogP contribution in [0.1, 0.15) is 17.2 Å². The smallest absolute Gasteiger partial charge is 0.160 e. The molecule has 1 unspecified atom stereocenters. The standard InChI is InChI=1S/C16H17Cl2NO3/c1-22-16-5-2-10(6-14(16)20)8-19-9-15(21)12-4-3-11(17)7-13(12)18/h2-7,15,19-21H,8-9H2,1H3. The summed E-state index contributed by atoms with van der Waals surface area (Å²) in [7, 11) is 1.50. The van der Waals surface area contributed by atoms with Crippen molar-refractivity contribution in [2.24, 2.45) is 0 Å². The molecule has 0 aliphatic heterocycles. The highest BCUT2D eigenvalue weighted by Gasteiger charge is 2.11. The molecule has 0 bridgehead atoms. The zero-order valence-corrected chi connectivity index (χ0v) is 13.5. The second-order valence-corrected chi connectivity index (χ2v) is 5.66. The molecule has 0 fully saturated rings. The van der Waals surface area contributed by atoms with Gasteiger partial charge in [0.2, 0.25) is 0 Å². The highest BCUT2D eigenvalue weighted by molar-refractivity contribution is 6.35. The number of rotatable bonds is 6. The first kappa shape index (κ1) is 16.9. The highest BCUT2D eigenvalue weighted by atomic mass is 35.5. The van der Waals surface area contributed by atoms with Crippen molar-refractivity contribution in [3.63, 3.8) is 0 Å². The molecule has 6 heteroatoms. The molecule has 0 aliphatic carbocycles. The van der Waals surface area contributed by atoms with Crippen molar-refractivity contribution in [2.45, 2.75) is 12.6 Å². The molecule has 0 heterocycles. The fraction of sp³-hybridized carbons (Fsp3) is 0.250. The van der Waals surface area contributed by atoms with Crippen molar-refractivity contribution in [3.8, 4) is 11.5 Å². The van der Waals surface area contributed by atoms with E-state index < -0.39 is 6.10 Å². The number of phenolic OH excluding ortho intramolecular Hbond substituents is 1. The molecular weight excluding hydrogens is 325 g/mol. The number of aliphatic hydroxyl groups excluding tert-OH is 1. The summed E-state index contributed by atoms with van der Waals surface area (Å²) in [6.07, 6.45) is -0.739. The molecule has 0 aromatic heterocycles. The molecule has 3 N–H and O–H groups in total. The number of methoxy groups -OCH3 is 1. The van der Waals surface area contributed by atoms with Crippen LogP contribution < -0.4 is 10.1 Å². The first-order chi connectivity index (χ1) is 10.5. The van der Waals surface area contributed by atoms with Crippen LogP contribution in [0.25, 0.3) is 0 Å². The van der Waals surface area contributed by atoms with Crippen molar-refractivity contribution in [1.29, 1.82) is 0 Å². The Morgan fingerprint density at radius 1 is 1.18 bits per heavy atom. The number of nitrogens with one attached hydrogen (secondary N) is 1. The quantitative estimate of drug-likeness (QED) is 0.752. The number of aromatic hydroxyl groups is 1. The molecule has 0 spiro atoms. The summed E-state index contributed by atoms with van der Waals surface area (Å²) in [5.41, 5.74) is 1.50. The number of hydrogen-bond donors (Lipinski definition) is 3. The van der Waals surface area contributed by atoms with Crippen LogP contribution in [0.3, 0.4) is 0 Å². The molecule has 2 aromatic carbocycles. The van der Waals surface area contributed by atoms with Crippen LogP contribution in [0.15, 0.2) is 36.4 Å². The summed E-state index contributed by atoms with van der Waals surface area (Å²) >= 11 is 11.9. The number of benzene rings is 2. The van der Waals surface area contributed by atoms with Gasteiger partial charge in [-0.25, -0.2) is 0 Å². The summed E-state index contributed by atoms with van der Waals surface area (Å²) in [4.78, 5) is 0. The van der Waals surface area contributed by atoms with Gasteiger partial charge >= 0.3 is 0 Å². The molecule has 118 valence electrons. The van der Waals surface area contributed by atoms with Crippen molar-refractivity contribution in [3.05, 3.63) is 57.6 Å². The maximum Gasteiger partial charge on any atom is 0.160 e. The van der Waals surface area contributed by atoms with Crippen molar-refractivity contribution in [1.82, 2.24) is 5.32 Å². The molecule has 0 saturated carbocycles. The number of phenols is 1. The normalized spacial score (nSPS) is 12.2. The van der Waals surface area contributed by atoms with Gasteiger partial charge in [-0.15, -0.1) is 0 Å². The van der Waals surface area contributed by atoms with Crippen LogP contribution in [-0.2, 0) is 6.54 Å². The zero-order valence-electron chi connectivity index (χ0n) is 12.0. The Morgan fingerprint density at radius 2 is 1.95 bits per heavy atom. The third kappa shape index (κ3) is 4.27. The van der Waals surface area contributed by atoms with Gasteiger partial charge < -0.3 is 20.3 Å². The minimum Gasteiger partial charge on any atom is -0.504 e.